The molecule has 0 aliphatic heterocycles. The van der Waals surface area contributed by atoms with Crippen LogP contribution in [0.4, 0.5) is 17.1 Å². The molecule has 0 N–H and O–H groups in total. The van der Waals surface area contributed by atoms with Gasteiger partial charge in [-0.15, -0.1) is 59.7 Å². The van der Waals surface area contributed by atoms with Crippen molar-refractivity contribution in [1.29, 1.82) is 0 Å². The molecule has 3 aromatic heterocycles. The minimum atomic E-state index is 0. The van der Waals surface area contributed by atoms with Gasteiger partial charge in [-0.25, -0.2) is 0 Å². The van der Waals surface area contributed by atoms with Crippen molar-refractivity contribution in [2.24, 2.45) is 0 Å². The van der Waals surface area contributed by atoms with E-state index in [0.29, 0.717) is 0 Å². The molecule has 0 aliphatic rings. The first kappa shape index (κ1) is 28.5. The Morgan fingerprint density at radius 2 is 0.956 bits per heavy atom. The van der Waals surface area contributed by atoms with Crippen molar-refractivity contribution in [3.05, 3.63) is 170 Å². The maximum Gasteiger partial charge on any atom is 2.00 e. The van der Waals surface area contributed by atoms with Crippen LogP contribution >= 0.6 is 0 Å². The largest absolute Gasteiger partial charge is 2.00 e. The first-order valence-corrected chi connectivity index (χ1v) is 14.6. The monoisotopic (exact) mass is 757 g/mol. The van der Waals surface area contributed by atoms with E-state index in [2.05, 4.69) is 129 Å². The molecule has 0 saturated heterocycles. The van der Waals surface area contributed by atoms with Crippen LogP contribution in [0.25, 0.3) is 50.0 Å². The van der Waals surface area contributed by atoms with Gasteiger partial charge in [0.1, 0.15) is 0 Å². The van der Waals surface area contributed by atoms with Crippen molar-refractivity contribution in [1.82, 2.24) is 14.5 Å². The Balaban J connectivity index is 0.00000325. The van der Waals surface area contributed by atoms with Crippen LogP contribution in [0.15, 0.2) is 158 Å². The number of benzene rings is 5. The number of aromatic nitrogens is 3. The molecule has 0 saturated carbocycles. The van der Waals surface area contributed by atoms with Crippen molar-refractivity contribution in [3.8, 4) is 28.2 Å². The molecule has 0 bridgehead atoms. The second-order valence-electron chi connectivity index (χ2n) is 10.6. The first-order valence-electron chi connectivity index (χ1n) is 14.6. The van der Waals surface area contributed by atoms with Gasteiger partial charge in [0.05, 0.1) is 11.0 Å². The van der Waals surface area contributed by atoms with Crippen molar-refractivity contribution < 1.29 is 21.1 Å². The van der Waals surface area contributed by atoms with E-state index in [9.17, 15) is 0 Å². The van der Waals surface area contributed by atoms with Gasteiger partial charge in [0.2, 0.25) is 0 Å². The van der Waals surface area contributed by atoms with Crippen LogP contribution in [-0.2, 0) is 21.1 Å². The standard InChI is InChI=1S/C40H26N4.Pt/c1-3-19-39-35(15-1)36-16-2-4-20-40(36)44(39)32-23-21-31(22-24-32)43(33-13-9-11-29(27-33)37-17-5-7-25-41-37)34-14-10-12-30(28-34)38-18-6-8-26-42-38;/h1-26H;/q-2;+2. The Bertz CT molecular complexity index is 2090. The van der Waals surface area contributed by atoms with Crippen LogP contribution in [0.5, 0.6) is 0 Å². The van der Waals surface area contributed by atoms with E-state index in [1.54, 1.807) is 0 Å². The zero-order chi connectivity index (χ0) is 29.3. The summed E-state index contributed by atoms with van der Waals surface area (Å²) in [7, 11) is 0. The molecule has 0 aliphatic carbocycles. The van der Waals surface area contributed by atoms with Gasteiger partial charge in [-0.05, 0) is 71.3 Å². The fourth-order valence-electron chi connectivity index (χ4n) is 5.88. The minimum absolute atomic E-state index is 0. The summed E-state index contributed by atoms with van der Waals surface area (Å²) in [5, 5.41) is 2.49. The molecule has 0 spiro atoms. The van der Waals surface area contributed by atoms with Crippen LogP contribution in [0.2, 0.25) is 0 Å². The minimum Gasteiger partial charge on any atom is -0.346 e. The fourth-order valence-corrected chi connectivity index (χ4v) is 5.88. The summed E-state index contributed by atoms with van der Waals surface area (Å²) in [6.45, 7) is 0. The summed E-state index contributed by atoms with van der Waals surface area (Å²) in [4.78, 5) is 11.3. The Kier molecular flexibility index (Phi) is 7.81. The molecule has 0 radical (unpaired) electrons. The normalized spacial score (nSPS) is 10.9. The zero-order valence-corrected chi connectivity index (χ0v) is 26.4. The van der Waals surface area contributed by atoms with Crippen LogP contribution in [0, 0.1) is 12.1 Å². The molecule has 5 aromatic carbocycles. The number of para-hydroxylation sites is 2. The first-order chi connectivity index (χ1) is 21.8. The number of anilines is 3. The third-order valence-electron chi connectivity index (χ3n) is 7.87. The third kappa shape index (κ3) is 5.35. The summed E-state index contributed by atoms with van der Waals surface area (Å²) in [6, 6.07) is 57.4. The molecule has 0 fully saturated rings. The maximum absolute atomic E-state index is 4.57. The van der Waals surface area contributed by atoms with E-state index < -0.39 is 0 Å². The molecule has 3 heterocycles. The van der Waals surface area contributed by atoms with Crippen LogP contribution in [-0.4, -0.2) is 14.5 Å². The number of rotatable bonds is 6. The van der Waals surface area contributed by atoms with E-state index in [4.69, 9.17) is 0 Å². The molecular formula is C40H26N4Pt. The van der Waals surface area contributed by atoms with Crippen LogP contribution in [0.3, 0.4) is 0 Å². The summed E-state index contributed by atoms with van der Waals surface area (Å²) < 4.78 is 2.33. The van der Waals surface area contributed by atoms with Gasteiger partial charge in [0.25, 0.3) is 0 Å². The average Bonchev–Trinajstić information content (AvgIpc) is 3.44. The quantitative estimate of drug-likeness (QED) is 0.159. The van der Waals surface area contributed by atoms with Gasteiger partial charge in [0.15, 0.2) is 0 Å². The number of pyridine rings is 2. The van der Waals surface area contributed by atoms with Crippen molar-refractivity contribution in [2.75, 3.05) is 4.90 Å². The SMILES string of the molecule is [Pt+2].[c-]1c(-c2ccccn2)cccc1N(c1[c-]c(-c2ccccn2)ccc1)c1ccc(-n2c3ccccc3c3ccccc32)cc1. The maximum atomic E-state index is 4.57. The van der Waals surface area contributed by atoms with Crippen LogP contribution in [0.1, 0.15) is 0 Å². The van der Waals surface area contributed by atoms with E-state index in [-0.39, 0.29) is 21.1 Å². The number of nitrogens with zero attached hydrogens (tertiary/aromatic N) is 4. The van der Waals surface area contributed by atoms with Gasteiger partial charge >= 0.3 is 21.1 Å². The van der Waals surface area contributed by atoms with Gasteiger partial charge < -0.3 is 19.4 Å². The smallest absolute Gasteiger partial charge is 0.346 e. The van der Waals surface area contributed by atoms with Gasteiger partial charge in [0, 0.05) is 34.5 Å². The second kappa shape index (κ2) is 12.4. The Hall–Kier alpha value is -5.31. The van der Waals surface area contributed by atoms with Gasteiger partial charge in [-0.2, -0.15) is 0 Å². The molecule has 8 rings (SSSR count). The molecule has 4 nitrogen and oxygen atoms in total. The molecule has 0 amide bonds. The van der Waals surface area contributed by atoms with E-state index >= 15 is 0 Å². The number of hydrogen-bond donors (Lipinski definition) is 0. The van der Waals surface area contributed by atoms with Gasteiger partial charge in [-0.1, -0.05) is 60.7 Å². The van der Waals surface area contributed by atoms with Crippen molar-refractivity contribution in [2.45, 2.75) is 0 Å². The Labute approximate surface area is 276 Å². The third-order valence-corrected chi connectivity index (χ3v) is 7.87. The fraction of sp³-hybridized carbons (Fsp3) is 0. The Morgan fingerprint density at radius 3 is 1.44 bits per heavy atom. The van der Waals surface area contributed by atoms with E-state index in [1.807, 2.05) is 60.9 Å². The number of fused-ring (bicyclic) bond motifs is 3. The predicted molar refractivity (Wildman–Crippen MR) is 180 cm³/mol. The van der Waals surface area contributed by atoms with Crippen LogP contribution < -0.4 is 4.90 Å². The molecular weight excluding hydrogens is 732 g/mol. The topological polar surface area (TPSA) is 34.0 Å². The molecule has 5 heteroatoms. The second-order valence-corrected chi connectivity index (χ2v) is 10.6. The molecule has 0 unspecified atom stereocenters. The molecule has 0 atom stereocenters. The van der Waals surface area contributed by atoms with E-state index in [0.717, 1.165) is 45.3 Å². The van der Waals surface area contributed by atoms with E-state index in [1.165, 1.54) is 21.8 Å². The van der Waals surface area contributed by atoms with Crippen molar-refractivity contribution >= 4 is 38.9 Å². The van der Waals surface area contributed by atoms with Crippen molar-refractivity contribution in [3.63, 3.8) is 0 Å². The summed E-state index contributed by atoms with van der Waals surface area (Å²) in [5.41, 5.74) is 9.87. The summed E-state index contributed by atoms with van der Waals surface area (Å²) >= 11 is 0. The predicted octanol–water partition coefficient (Wildman–Crippen LogP) is 9.98. The number of hydrogen-bond acceptors (Lipinski definition) is 3. The summed E-state index contributed by atoms with van der Waals surface area (Å²) in [6.07, 6.45) is 3.62. The van der Waals surface area contributed by atoms with Gasteiger partial charge in [-0.3, -0.25) is 0 Å². The summed E-state index contributed by atoms with van der Waals surface area (Å²) in [5.74, 6) is 0. The zero-order valence-electron chi connectivity index (χ0n) is 24.1. The molecule has 216 valence electrons. The average molecular weight is 758 g/mol. The molecule has 8 aromatic rings. The Morgan fingerprint density at radius 1 is 0.467 bits per heavy atom. The molecule has 45 heavy (non-hydrogen) atoms.